The lowest BCUT2D eigenvalue weighted by Crippen LogP contribution is -2.32. The summed E-state index contributed by atoms with van der Waals surface area (Å²) < 4.78 is 7.08. The maximum atomic E-state index is 12.2. The number of aromatic nitrogens is 4. The lowest BCUT2D eigenvalue weighted by Gasteiger charge is -2.16. The summed E-state index contributed by atoms with van der Waals surface area (Å²) in [5, 5.41) is 16.2. The van der Waals surface area contributed by atoms with Gasteiger partial charge in [-0.3, -0.25) is 9.48 Å². The Morgan fingerprint density at radius 3 is 2.87 bits per heavy atom. The third-order valence-corrected chi connectivity index (χ3v) is 3.73. The van der Waals surface area contributed by atoms with E-state index in [9.17, 15) is 9.90 Å². The number of aliphatic hydroxyl groups is 1. The number of hydrogen-bond donors (Lipinski definition) is 2. The molecule has 0 aromatic carbocycles. The zero-order valence-electron chi connectivity index (χ0n) is 12.8. The fraction of sp³-hybridized carbons (Fsp3) is 0.467. The fourth-order valence-electron chi connectivity index (χ4n) is 2.17. The molecule has 2 heterocycles. The van der Waals surface area contributed by atoms with E-state index in [-0.39, 0.29) is 12.3 Å². The molecule has 3 rings (SSSR count). The molecule has 0 aliphatic heterocycles. The second-order valence-corrected chi connectivity index (χ2v) is 5.58. The average molecular weight is 317 g/mol. The molecule has 2 aromatic heterocycles. The van der Waals surface area contributed by atoms with Crippen molar-refractivity contribution in [3.63, 3.8) is 0 Å². The van der Waals surface area contributed by atoms with E-state index in [0.29, 0.717) is 24.1 Å². The molecule has 1 unspecified atom stereocenters. The molecule has 1 aliphatic carbocycles. The van der Waals surface area contributed by atoms with E-state index in [1.54, 1.807) is 24.0 Å². The number of aryl methyl sites for hydroxylation is 1. The zero-order chi connectivity index (χ0) is 16.2. The number of ether oxygens (including phenoxy) is 1. The molecule has 8 heteroatoms. The number of rotatable bonds is 7. The van der Waals surface area contributed by atoms with Crippen molar-refractivity contribution in [2.45, 2.75) is 18.9 Å². The van der Waals surface area contributed by atoms with Crippen molar-refractivity contribution in [1.29, 1.82) is 0 Å². The highest BCUT2D eigenvalue weighted by atomic mass is 16.5. The molecule has 1 fully saturated rings. The molecule has 122 valence electrons. The summed E-state index contributed by atoms with van der Waals surface area (Å²) in [4.78, 5) is 20.4. The Hall–Kier alpha value is -2.48. The molecule has 1 saturated carbocycles. The number of aliphatic hydroxyl groups excluding tert-OH is 1. The average Bonchev–Trinajstić information content (AvgIpc) is 3.31. The van der Waals surface area contributed by atoms with Gasteiger partial charge in [0.15, 0.2) is 0 Å². The van der Waals surface area contributed by atoms with Crippen molar-refractivity contribution >= 4 is 5.91 Å². The normalized spacial score (nSPS) is 15.2. The molecule has 1 amide bonds. The molecule has 0 spiro atoms. The Morgan fingerprint density at radius 2 is 2.30 bits per heavy atom. The Bertz CT molecular complexity index is 666. The van der Waals surface area contributed by atoms with Gasteiger partial charge in [0.05, 0.1) is 37.3 Å². The van der Waals surface area contributed by atoms with Gasteiger partial charge < -0.3 is 15.2 Å². The van der Waals surface area contributed by atoms with Gasteiger partial charge in [0.1, 0.15) is 5.69 Å². The van der Waals surface area contributed by atoms with Crippen molar-refractivity contribution in [2.75, 3.05) is 13.2 Å². The van der Waals surface area contributed by atoms with E-state index in [2.05, 4.69) is 20.4 Å². The number of hydrogen-bond acceptors (Lipinski definition) is 6. The van der Waals surface area contributed by atoms with E-state index in [1.165, 1.54) is 25.2 Å². The van der Waals surface area contributed by atoms with Crippen LogP contribution in [0.3, 0.4) is 0 Å². The summed E-state index contributed by atoms with van der Waals surface area (Å²) in [5.74, 6) is 0.634. The van der Waals surface area contributed by atoms with Crippen LogP contribution >= 0.6 is 0 Å². The van der Waals surface area contributed by atoms with Crippen molar-refractivity contribution in [3.8, 4) is 5.88 Å². The highest BCUT2D eigenvalue weighted by Gasteiger charge is 2.22. The third kappa shape index (κ3) is 3.84. The van der Waals surface area contributed by atoms with Crippen LogP contribution in [-0.2, 0) is 7.05 Å². The van der Waals surface area contributed by atoms with Crippen LogP contribution in [0.5, 0.6) is 5.88 Å². The first kappa shape index (κ1) is 15.4. The summed E-state index contributed by atoms with van der Waals surface area (Å²) in [7, 11) is 1.75. The Morgan fingerprint density at radius 1 is 1.48 bits per heavy atom. The van der Waals surface area contributed by atoms with Crippen LogP contribution < -0.4 is 10.1 Å². The second-order valence-electron chi connectivity index (χ2n) is 5.58. The third-order valence-electron chi connectivity index (χ3n) is 3.73. The van der Waals surface area contributed by atoms with Crippen molar-refractivity contribution < 1.29 is 14.6 Å². The smallest absolute Gasteiger partial charge is 0.272 e. The Kier molecular flexibility index (Phi) is 4.52. The molecule has 8 nitrogen and oxygen atoms in total. The van der Waals surface area contributed by atoms with E-state index in [4.69, 9.17) is 4.74 Å². The molecule has 0 saturated heterocycles. The molecular formula is C15H19N5O3. The topological polar surface area (TPSA) is 102 Å². The highest BCUT2D eigenvalue weighted by Crippen LogP contribution is 2.29. The standard InChI is InChI=1S/C15H19N5O3/c1-20-13(4-5-18-20)12(8-21)19-15(22)11-6-17-14(7-16-11)23-9-10-2-3-10/h4-7,10,12,21H,2-3,8-9H2,1H3,(H,19,22). The number of carbonyl (C=O) groups excluding carboxylic acids is 1. The van der Waals surface area contributed by atoms with Crippen LogP contribution in [0, 0.1) is 5.92 Å². The van der Waals surface area contributed by atoms with Gasteiger partial charge in [-0.2, -0.15) is 5.10 Å². The van der Waals surface area contributed by atoms with Gasteiger partial charge in [-0.25, -0.2) is 9.97 Å². The lowest BCUT2D eigenvalue weighted by molar-refractivity contribution is 0.0907. The molecular weight excluding hydrogens is 298 g/mol. The van der Waals surface area contributed by atoms with Crippen LogP contribution in [0.1, 0.15) is 35.1 Å². The summed E-state index contributed by atoms with van der Waals surface area (Å²) in [6.45, 7) is 0.411. The highest BCUT2D eigenvalue weighted by molar-refractivity contribution is 5.92. The van der Waals surface area contributed by atoms with Crippen molar-refractivity contribution in [1.82, 2.24) is 25.1 Å². The molecule has 2 aromatic rings. The van der Waals surface area contributed by atoms with Gasteiger partial charge >= 0.3 is 0 Å². The fourth-order valence-corrected chi connectivity index (χ4v) is 2.17. The molecule has 1 aliphatic rings. The number of nitrogens with one attached hydrogen (secondary N) is 1. The molecule has 23 heavy (non-hydrogen) atoms. The minimum absolute atomic E-state index is 0.171. The molecule has 1 atom stereocenters. The summed E-state index contributed by atoms with van der Waals surface area (Å²) in [6.07, 6.45) is 6.81. The summed E-state index contributed by atoms with van der Waals surface area (Å²) >= 11 is 0. The zero-order valence-corrected chi connectivity index (χ0v) is 12.8. The van der Waals surface area contributed by atoms with Crippen molar-refractivity contribution in [3.05, 3.63) is 36.0 Å². The number of carbonyl (C=O) groups is 1. The van der Waals surface area contributed by atoms with Gasteiger partial charge in [-0.05, 0) is 24.8 Å². The lowest BCUT2D eigenvalue weighted by atomic mass is 10.2. The van der Waals surface area contributed by atoms with E-state index in [0.717, 1.165) is 0 Å². The quantitative estimate of drug-likeness (QED) is 0.769. The maximum absolute atomic E-state index is 12.2. The summed E-state index contributed by atoms with van der Waals surface area (Å²) in [5.41, 5.74) is 0.877. The van der Waals surface area contributed by atoms with Gasteiger partial charge in [-0.1, -0.05) is 0 Å². The SMILES string of the molecule is Cn1nccc1C(CO)NC(=O)c1cnc(OCC2CC2)cn1. The van der Waals surface area contributed by atoms with E-state index >= 15 is 0 Å². The number of amides is 1. The van der Waals surface area contributed by atoms with Gasteiger partial charge in [0, 0.05) is 13.2 Å². The Balaban J connectivity index is 1.61. The van der Waals surface area contributed by atoms with Gasteiger partial charge in [0.25, 0.3) is 5.91 Å². The monoisotopic (exact) mass is 317 g/mol. The first-order valence-corrected chi connectivity index (χ1v) is 7.52. The van der Waals surface area contributed by atoms with Gasteiger partial charge in [0.2, 0.25) is 5.88 Å². The molecule has 2 N–H and O–H groups in total. The summed E-state index contributed by atoms with van der Waals surface area (Å²) in [6, 6.07) is 1.18. The molecule has 0 radical (unpaired) electrons. The van der Waals surface area contributed by atoms with E-state index < -0.39 is 11.9 Å². The van der Waals surface area contributed by atoms with Crippen LogP contribution in [-0.4, -0.2) is 44.0 Å². The maximum Gasteiger partial charge on any atom is 0.272 e. The molecule has 0 bridgehead atoms. The van der Waals surface area contributed by atoms with Crippen LogP contribution in [0.2, 0.25) is 0 Å². The Labute approximate surface area is 133 Å². The second kappa shape index (κ2) is 6.74. The van der Waals surface area contributed by atoms with E-state index in [1.807, 2.05) is 0 Å². The largest absolute Gasteiger partial charge is 0.476 e. The predicted molar refractivity (Wildman–Crippen MR) is 80.8 cm³/mol. The first-order valence-electron chi connectivity index (χ1n) is 7.52. The minimum atomic E-state index is -0.553. The van der Waals surface area contributed by atoms with Crippen molar-refractivity contribution in [2.24, 2.45) is 13.0 Å². The van der Waals surface area contributed by atoms with Crippen LogP contribution in [0.4, 0.5) is 0 Å². The van der Waals surface area contributed by atoms with Crippen LogP contribution in [0.25, 0.3) is 0 Å². The minimum Gasteiger partial charge on any atom is -0.476 e. The predicted octanol–water partition coefficient (Wildman–Crippen LogP) is 0.462. The number of nitrogens with zero attached hydrogens (tertiary/aromatic N) is 4. The van der Waals surface area contributed by atoms with Gasteiger partial charge in [-0.15, -0.1) is 0 Å². The first-order chi connectivity index (χ1) is 11.2. The van der Waals surface area contributed by atoms with Crippen LogP contribution in [0.15, 0.2) is 24.7 Å².